The lowest BCUT2D eigenvalue weighted by Crippen LogP contribution is -2.32. The number of fused-ring (bicyclic) bond motifs is 2. The number of aliphatic carboxylic acids is 1. The fourth-order valence-electron chi connectivity index (χ4n) is 4.21. The Kier molecular flexibility index (Phi) is 6.63. The first-order valence-corrected chi connectivity index (χ1v) is 12.4. The lowest BCUT2D eigenvalue weighted by molar-refractivity contribution is -0.136. The van der Waals surface area contributed by atoms with Crippen molar-refractivity contribution >= 4 is 34.6 Å². The first-order valence-electron chi connectivity index (χ1n) is 10.1. The van der Waals surface area contributed by atoms with Crippen LogP contribution in [0.3, 0.4) is 0 Å². The van der Waals surface area contributed by atoms with Gasteiger partial charge in [0.25, 0.3) is 0 Å². The van der Waals surface area contributed by atoms with E-state index < -0.39 is 5.97 Å². The molecule has 0 radical (unpaired) electrons. The molecule has 4 nitrogen and oxygen atoms in total. The van der Waals surface area contributed by atoms with Gasteiger partial charge in [-0.15, -0.1) is 11.3 Å². The van der Waals surface area contributed by atoms with E-state index in [-0.39, 0.29) is 6.42 Å². The zero-order chi connectivity index (χ0) is 20.2. The number of hydrogen-bond donors (Lipinski definition) is 1. The molecule has 3 heterocycles. The van der Waals surface area contributed by atoms with Gasteiger partial charge in [0.2, 0.25) is 0 Å². The van der Waals surface area contributed by atoms with E-state index in [9.17, 15) is 9.90 Å². The molecule has 1 aromatic heterocycles. The Balaban J connectivity index is 1.68. The largest absolute Gasteiger partial charge is 0.488 e. The number of carboxylic acids is 1. The van der Waals surface area contributed by atoms with Gasteiger partial charge in [-0.3, -0.25) is 4.79 Å². The minimum atomic E-state index is -0.802. The highest BCUT2D eigenvalue weighted by atomic mass is 32.2. The quantitative estimate of drug-likeness (QED) is 0.661. The monoisotopic (exact) mass is 429 g/mol. The number of hydrogen-bond acceptors (Lipinski definition) is 5. The van der Waals surface area contributed by atoms with Crippen molar-refractivity contribution in [3.63, 3.8) is 0 Å². The number of nitrogens with zero attached hydrogens (tertiary/aromatic N) is 1. The predicted molar refractivity (Wildman–Crippen MR) is 121 cm³/mol. The second-order valence-corrected chi connectivity index (χ2v) is 9.53. The lowest BCUT2D eigenvalue weighted by atomic mass is 9.89. The Morgan fingerprint density at radius 3 is 2.86 bits per heavy atom. The minimum absolute atomic E-state index is 0.0381. The first-order chi connectivity index (χ1) is 14.2. The van der Waals surface area contributed by atoms with Crippen molar-refractivity contribution in [1.29, 1.82) is 0 Å². The van der Waals surface area contributed by atoms with Crippen LogP contribution in [0.25, 0.3) is 5.57 Å². The van der Waals surface area contributed by atoms with E-state index in [4.69, 9.17) is 4.74 Å². The summed E-state index contributed by atoms with van der Waals surface area (Å²) in [7, 11) is 0. The third-order valence-corrected chi connectivity index (χ3v) is 7.33. The molecule has 2 aliphatic heterocycles. The van der Waals surface area contributed by atoms with Gasteiger partial charge in [0.15, 0.2) is 0 Å². The smallest absolute Gasteiger partial charge is 0.307 e. The fraction of sp³-hybridized carbons (Fsp3) is 0.435. The van der Waals surface area contributed by atoms with Crippen molar-refractivity contribution in [2.24, 2.45) is 0 Å². The molecular formula is C23H27NO3S2. The Labute approximate surface area is 180 Å². The summed E-state index contributed by atoms with van der Waals surface area (Å²) in [6, 6.07) is 8.01. The number of likely N-dealkylation sites (tertiary alicyclic amines) is 1. The molecule has 4 rings (SSSR count). The topological polar surface area (TPSA) is 49.8 Å². The van der Waals surface area contributed by atoms with Gasteiger partial charge in [0, 0.05) is 34.7 Å². The van der Waals surface area contributed by atoms with Gasteiger partial charge in [-0.2, -0.15) is 11.8 Å². The first kappa shape index (κ1) is 20.5. The van der Waals surface area contributed by atoms with Crippen LogP contribution in [0.4, 0.5) is 0 Å². The fourth-order valence-corrected chi connectivity index (χ4v) is 5.65. The highest BCUT2D eigenvalue weighted by Crippen LogP contribution is 2.43. The minimum Gasteiger partial charge on any atom is -0.488 e. The maximum atomic E-state index is 11.2. The molecule has 2 aliphatic rings. The van der Waals surface area contributed by atoms with Crippen LogP contribution in [0.1, 0.15) is 40.8 Å². The summed E-state index contributed by atoms with van der Waals surface area (Å²) in [6.45, 7) is 3.94. The van der Waals surface area contributed by atoms with Crippen LogP contribution < -0.4 is 4.74 Å². The molecular weight excluding hydrogens is 402 g/mol. The van der Waals surface area contributed by atoms with Gasteiger partial charge in [0.1, 0.15) is 12.4 Å². The molecule has 0 spiro atoms. The number of thiophene rings is 1. The van der Waals surface area contributed by atoms with Crippen molar-refractivity contribution in [1.82, 2.24) is 4.90 Å². The van der Waals surface area contributed by atoms with Gasteiger partial charge < -0.3 is 14.7 Å². The third-order valence-electron chi connectivity index (χ3n) is 5.66. The summed E-state index contributed by atoms with van der Waals surface area (Å²) >= 11 is 3.69. The molecule has 1 saturated heterocycles. The molecule has 0 bridgehead atoms. The average molecular weight is 430 g/mol. The highest BCUT2D eigenvalue weighted by Gasteiger charge is 2.26. The van der Waals surface area contributed by atoms with Gasteiger partial charge in [-0.1, -0.05) is 11.6 Å². The lowest BCUT2D eigenvalue weighted by Gasteiger charge is -2.30. The molecule has 2 aromatic rings. The maximum Gasteiger partial charge on any atom is 0.307 e. The van der Waals surface area contributed by atoms with E-state index in [1.165, 1.54) is 40.3 Å². The number of piperidine rings is 1. The molecule has 29 heavy (non-hydrogen) atoms. The van der Waals surface area contributed by atoms with Crippen LogP contribution in [0.15, 0.2) is 35.2 Å². The molecule has 154 valence electrons. The SMILES string of the molecule is CSCCCN1CCC(=C2c3cc(CC(=O)O)ccc3OCc3ccsc32)CC1. The Morgan fingerprint density at radius 1 is 1.28 bits per heavy atom. The molecule has 1 N–H and O–H groups in total. The number of carboxylic acid groups (broad SMARTS) is 1. The van der Waals surface area contributed by atoms with Crippen molar-refractivity contribution in [2.45, 2.75) is 32.3 Å². The van der Waals surface area contributed by atoms with Crippen LogP contribution in [0, 0.1) is 0 Å². The predicted octanol–water partition coefficient (Wildman–Crippen LogP) is 4.92. The summed E-state index contributed by atoms with van der Waals surface area (Å²) in [5.41, 5.74) is 5.90. The third kappa shape index (κ3) is 4.71. The van der Waals surface area contributed by atoms with Gasteiger partial charge in [-0.05, 0) is 67.0 Å². The van der Waals surface area contributed by atoms with E-state index in [0.29, 0.717) is 6.61 Å². The molecule has 0 saturated carbocycles. The number of benzene rings is 1. The van der Waals surface area contributed by atoms with Gasteiger partial charge in [-0.25, -0.2) is 0 Å². The number of carbonyl (C=O) groups is 1. The molecule has 0 unspecified atom stereocenters. The van der Waals surface area contributed by atoms with E-state index >= 15 is 0 Å². The molecule has 0 amide bonds. The van der Waals surface area contributed by atoms with Crippen LogP contribution in [0.2, 0.25) is 0 Å². The van der Waals surface area contributed by atoms with Gasteiger partial charge in [0.05, 0.1) is 6.42 Å². The van der Waals surface area contributed by atoms with Gasteiger partial charge >= 0.3 is 5.97 Å². The second kappa shape index (κ2) is 9.37. The van der Waals surface area contributed by atoms with E-state index in [0.717, 1.165) is 42.8 Å². The number of ether oxygens (including phenoxy) is 1. The van der Waals surface area contributed by atoms with Crippen molar-refractivity contribution < 1.29 is 14.6 Å². The Hall–Kier alpha value is -1.76. The van der Waals surface area contributed by atoms with E-state index in [2.05, 4.69) is 22.6 Å². The Morgan fingerprint density at radius 2 is 2.10 bits per heavy atom. The summed E-state index contributed by atoms with van der Waals surface area (Å²) in [4.78, 5) is 15.1. The highest BCUT2D eigenvalue weighted by molar-refractivity contribution is 7.98. The van der Waals surface area contributed by atoms with E-state index in [1.54, 1.807) is 11.3 Å². The summed E-state index contributed by atoms with van der Waals surface area (Å²) < 4.78 is 6.11. The van der Waals surface area contributed by atoms with Crippen LogP contribution in [0.5, 0.6) is 5.75 Å². The number of rotatable bonds is 6. The zero-order valence-electron chi connectivity index (χ0n) is 16.8. The van der Waals surface area contributed by atoms with E-state index in [1.807, 2.05) is 30.0 Å². The molecule has 1 fully saturated rings. The normalized spacial score (nSPS) is 16.7. The summed E-state index contributed by atoms with van der Waals surface area (Å²) in [6.07, 6.45) is 5.58. The van der Waals surface area contributed by atoms with Crippen LogP contribution >= 0.6 is 23.1 Å². The second-order valence-electron chi connectivity index (χ2n) is 7.63. The summed E-state index contributed by atoms with van der Waals surface area (Å²) in [5, 5.41) is 11.4. The molecule has 6 heteroatoms. The van der Waals surface area contributed by atoms with Crippen molar-refractivity contribution in [2.75, 3.05) is 31.6 Å². The van der Waals surface area contributed by atoms with Crippen LogP contribution in [-0.4, -0.2) is 47.6 Å². The standard InChI is InChI=1S/C23H27NO3S2/c1-28-11-2-8-24-9-5-17(6-10-24)22-19-13-16(14-21(25)26)3-4-20(19)27-15-18-7-12-29-23(18)22/h3-4,7,12-13H,2,5-6,8-11,14-15H2,1H3,(H,25,26). The zero-order valence-corrected chi connectivity index (χ0v) is 18.4. The average Bonchev–Trinajstić information content (AvgIpc) is 3.11. The van der Waals surface area contributed by atoms with Crippen molar-refractivity contribution in [3.8, 4) is 5.75 Å². The summed E-state index contributed by atoms with van der Waals surface area (Å²) in [5.74, 6) is 1.29. The molecule has 0 aliphatic carbocycles. The Bertz CT molecular complexity index is 909. The number of thioether (sulfide) groups is 1. The molecule has 1 aromatic carbocycles. The van der Waals surface area contributed by atoms with Crippen LogP contribution in [-0.2, 0) is 17.8 Å². The van der Waals surface area contributed by atoms with Crippen molar-refractivity contribution in [3.05, 3.63) is 56.8 Å². The molecule has 0 atom stereocenters. The maximum absolute atomic E-state index is 11.2.